The van der Waals surface area contributed by atoms with Gasteiger partial charge in [-0.1, -0.05) is 13.8 Å². The molecule has 2 heterocycles. The standard InChI is InChI=1S/C12H20N2OS/c1-9-5-14-11(15-9)6-13-10-4-12(2,3)8-16-7-10/h5,10,13H,4,6-8H2,1-3H3. The van der Waals surface area contributed by atoms with Crippen LogP contribution in [0.3, 0.4) is 0 Å². The van der Waals surface area contributed by atoms with E-state index >= 15 is 0 Å². The van der Waals surface area contributed by atoms with Crippen LogP contribution in [0.2, 0.25) is 0 Å². The minimum atomic E-state index is 0.451. The van der Waals surface area contributed by atoms with Crippen molar-refractivity contribution >= 4 is 11.8 Å². The summed E-state index contributed by atoms with van der Waals surface area (Å²) < 4.78 is 5.45. The molecular formula is C12H20N2OS. The number of nitrogens with zero attached hydrogens (tertiary/aromatic N) is 1. The molecule has 1 aliphatic heterocycles. The number of aryl methyl sites for hydroxylation is 1. The third kappa shape index (κ3) is 3.25. The van der Waals surface area contributed by atoms with Gasteiger partial charge >= 0.3 is 0 Å². The third-order valence-corrected chi connectivity index (χ3v) is 4.45. The summed E-state index contributed by atoms with van der Waals surface area (Å²) in [4.78, 5) is 4.20. The zero-order chi connectivity index (χ0) is 11.6. The molecule has 1 atom stereocenters. The largest absolute Gasteiger partial charge is 0.445 e. The maximum Gasteiger partial charge on any atom is 0.208 e. The normalized spacial score (nSPS) is 24.6. The van der Waals surface area contributed by atoms with E-state index in [1.54, 1.807) is 6.20 Å². The Bertz CT molecular complexity index is 349. The first-order valence-corrected chi connectivity index (χ1v) is 6.93. The molecule has 90 valence electrons. The summed E-state index contributed by atoms with van der Waals surface area (Å²) >= 11 is 2.04. The van der Waals surface area contributed by atoms with Gasteiger partial charge in [0, 0.05) is 11.8 Å². The molecule has 0 aromatic carbocycles. The lowest BCUT2D eigenvalue weighted by Crippen LogP contribution is -2.40. The Morgan fingerprint density at radius 2 is 2.44 bits per heavy atom. The van der Waals surface area contributed by atoms with Crippen LogP contribution in [0.5, 0.6) is 0 Å². The van der Waals surface area contributed by atoms with Gasteiger partial charge in [-0.25, -0.2) is 4.98 Å². The van der Waals surface area contributed by atoms with Gasteiger partial charge in [-0.15, -0.1) is 0 Å². The zero-order valence-corrected chi connectivity index (χ0v) is 11.1. The Balaban J connectivity index is 1.82. The van der Waals surface area contributed by atoms with Gasteiger partial charge in [0.1, 0.15) is 5.76 Å². The van der Waals surface area contributed by atoms with Gasteiger partial charge in [-0.2, -0.15) is 11.8 Å². The van der Waals surface area contributed by atoms with Crippen LogP contribution in [0.25, 0.3) is 0 Å². The van der Waals surface area contributed by atoms with E-state index < -0.39 is 0 Å². The number of thioether (sulfide) groups is 1. The van der Waals surface area contributed by atoms with Crippen LogP contribution in [0.1, 0.15) is 31.9 Å². The van der Waals surface area contributed by atoms with Crippen molar-refractivity contribution in [1.29, 1.82) is 0 Å². The molecule has 4 heteroatoms. The smallest absolute Gasteiger partial charge is 0.208 e. The van der Waals surface area contributed by atoms with E-state index in [1.807, 2.05) is 18.7 Å². The number of hydrogen-bond acceptors (Lipinski definition) is 4. The van der Waals surface area contributed by atoms with Gasteiger partial charge in [-0.3, -0.25) is 0 Å². The van der Waals surface area contributed by atoms with E-state index in [0.717, 1.165) is 18.2 Å². The molecule has 1 aromatic heterocycles. The van der Waals surface area contributed by atoms with Gasteiger partial charge in [0.15, 0.2) is 0 Å². The lowest BCUT2D eigenvalue weighted by atomic mass is 9.88. The molecule has 16 heavy (non-hydrogen) atoms. The number of hydrogen-bond donors (Lipinski definition) is 1. The Kier molecular flexibility index (Phi) is 3.60. The highest BCUT2D eigenvalue weighted by atomic mass is 32.2. The Morgan fingerprint density at radius 1 is 1.62 bits per heavy atom. The first-order chi connectivity index (χ1) is 7.55. The van der Waals surface area contributed by atoms with Crippen molar-refractivity contribution < 1.29 is 4.42 Å². The molecule has 1 fully saturated rings. The van der Waals surface area contributed by atoms with Crippen molar-refractivity contribution in [2.75, 3.05) is 11.5 Å². The quantitative estimate of drug-likeness (QED) is 0.881. The van der Waals surface area contributed by atoms with Crippen LogP contribution in [0.4, 0.5) is 0 Å². The second-order valence-electron chi connectivity index (χ2n) is 5.33. The second kappa shape index (κ2) is 4.80. The van der Waals surface area contributed by atoms with Crippen LogP contribution < -0.4 is 5.32 Å². The van der Waals surface area contributed by atoms with E-state index in [0.29, 0.717) is 11.5 Å². The molecule has 0 bridgehead atoms. The summed E-state index contributed by atoms with van der Waals surface area (Å²) in [5, 5.41) is 3.53. The Hall–Kier alpha value is -0.480. The van der Waals surface area contributed by atoms with Gasteiger partial charge in [-0.05, 0) is 24.5 Å². The van der Waals surface area contributed by atoms with Crippen LogP contribution in [-0.4, -0.2) is 22.5 Å². The topological polar surface area (TPSA) is 38.1 Å². The average Bonchev–Trinajstić information content (AvgIpc) is 2.60. The minimum absolute atomic E-state index is 0.451. The first kappa shape index (κ1) is 12.0. The molecule has 0 saturated carbocycles. The van der Waals surface area contributed by atoms with Crippen LogP contribution in [0.15, 0.2) is 10.6 Å². The molecule has 1 unspecified atom stereocenters. The molecule has 0 radical (unpaired) electrons. The highest BCUT2D eigenvalue weighted by Crippen LogP contribution is 2.33. The van der Waals surface area contributed by atoms with E-state index in [9.17, 15) is 0 Å². The maximum atomic E-state index is 5.45. The van der Waals surface area contributed by atoms with Crippen molar-refractivity contribution in [3.05, 3.63) is 17.8 Å². The predicted octanol–water partition coefficient (Wildman–Crippen LogP) is 2.60. The molecule has 1 N–H and O–H groups in total. The molecule has 3 nitrogen and oxygen atoms in total. The Labute approximate surface area is 101 Å². The van der Waals surface area contributed by atoms with E-state index in [4.69, 9.17) is 4.42 Å². The molecule has 1 aromatic rings. The molecule has 0 aliphatic carbocycles. The fourth-order valence-corrected chi connectivity index (χ4v) is 3.42. The SMILES string of the molecule is Cc1cnc(CNC2CSCC(C)(C)C2)o1. The first-order valence-electron chi connectivity index (χ1n) is 5.78. The number of nitrogens with one attached hydrogen (secondary N) is 1. The molecular weight excluding hydrogens is 220 g/mol. The van der Waals surface area contributed by atoms with Crippen molar-refractivity contribution in [3.63, 3.8) is 0 Å². The molecule has 0 spiro atoms. The lowest BCUT2D eigenvalue weighted by Gasteiger charge is -2.35. The zero-order valence-electron chi connectivity index (χ0n) is 10.2. The highest BCUT2D eigenvalue weighted by Gasteiger charge is 2.28. The molecule has 1 saturated heterocycles. The fourth-order valence-electron chi connectivity index (χ4n) is 2.11. The van der Waals surface area contributed by atoms with Crippen LogP contribution >= 0.6 is 11.8 Å². The van der Waals surface area contributed by atoms with E-state index in [2.05, 4.69) is 24.1 Å². The summed E-state index contributed by atoms with van der Waals surface area (Å²) in [5.74, 6) is 4.15. The van der Waals surface area contributed by atoms with Gasteiger partial charge in [0.05, 0.1) is 12.7 Å². The molecule has 2 rings (SSSR count). The highest BCUT2D eigenvalue weighted by molar-refractivity contribution is 7.99. The second-order valence-corrected chi connectivity index (χ2v) is 6.36. The maximum absolute atomic E-state index is 5.45. The predicted molar refractivity (Wildman–Crippen MR) is 67.6 cm³/mol. The summed E-state index contributed by atoms with van der Waals surface area (Å²) in [7, 11) is 0. The van der Waals surface area contributed by atoms with Gasteiger partial charge in [0.2, 0.25) is 5.89 Å². The summed E-state index contributed by atoms with van der Waals surface area (Å²) in [5.41, 5.74) is 0.451. The van der Waals surface area contributed by atoms with Crippen molar-refractivity contribution in [3.8, 4) is 0 Å². The van der Waals surface area contributed by atoms with Gasteiger partial charge in [0.25, 0.3) is 0 Å². The van der Waals surface area contributed by atoms with E-state index in [1.165, 1.54) is 17.9 Å². The summed E-state index contributed by atoms with van der Waals surface area (Å²) in [6.07, 6.45) is 3.01. The number of rotatable bonds is 3. The monoisotopic (exact) mass is 240 g/mol. The molecule has 1 aliphatic rings. The van der Waals surface area contributed by atoms with Gasteiger partial charge < -0.3 is 9.73 Å². The third-order valence-electron chi connectivity index (χ3n) is 2.82. The van der Waals surface area contributed by atoms with Crippen molar-refractivity contribution in [2.24, 2.45) is 5.41 Å². The average molecular weight is 240 g/mol. The van der Waals surface area contributed by atoms with E-state index in [-0.39, 0.29) is 0 Å². The van der Waals surface area contributed by atoms with Crippen molar-refractivity contribution in [1.82, 2.24) is 10.3 Å². The number of aromatic nitrogens is 1. The van der Waals surface area contributed by atoms with Crippen LogP contribution in [-0.2, 0) is 6.54 Å². The van der Waals surface area contributed by atoms with Crippen LogP contribution in [0, 0.1) is 12.3 Å². The minimum Gasteiger partial charge on any atom is -0.445 e. The fraction of sp³-hybridized carbons (Fsp3) is 0.750. The van der Waals surface area contributed by atoms with Crippen molar-refractivity contribution in [2.45, 2.75) is 39.8 Å². The number of oxazole rings is 1. The molecule has 0 amide bonds. The Morgan fingerprint density at radius 3 is 3.06 bits per heavy atom. The lowest BCUT2D eigenvalue weighted by molar-refractivity contribution is 0.309. The summed E-state index contributed by atoms with van der Waals surface area (Å²) in [6, 6.07) is 0.584. The summed E-state index contributed by atoms with van der Waals surface area (Å²) in [6.45, 7) is 7.34.